The van der Waals surface area contributed by atoms with Crippen molar-refractivity contribution in [3.05, 3.63) is 77.9 Å². The minimum atomic E-state index is 0.567. The summed E-state index contributed by atoms with van der Waals surface area (Å²) in [7, 11) is 0. The first-order chi connectivity index (χ1) is 8.81. The number of nitrogens with zero attached hydrogens (tertiary/aromatic N) is 1. The summed E-state index contributed by atoms with van der Waals surface area (Å²) < 4.78 is 0. The average molecular weight is 237 g/mol. The van der Waals surface area contributed by atoms with Crippen molar-refractivity contribution in [2.75, 3.05) is 0 Å². The molecule has 0 bridgehead atoms. The second-order valence-corrected chi connectivity index (χ2v) is 4.04. The van der Waals surface area contributed by atoms with Crippen molar-refractivity contribution < 1.29 is 5.21 Å². The predicted octanol–water partition coefficient (Wildman–Crippen LogP) is 3.97. The highest BCUT2D eigenvalue weighted by molar-refractivity contribution is 6.11. The standard InChI is InChI=1S/C16H15NO/c1-13(14-8-4-2-5-9-14)12-16(17-18)15-10-6-3-7-11-15/h2-12,18H,1H3/b13-12-,17-16+. The summed E-state index contributed by atoms with van der Waals surface area (Å²) in [6.07, 6.45) is 1.88. The van der Waals surface area contributed by atoms with Gasteiger partial charge in [-0.05, 0) is 24.1 Å². The van der Waals surface area contributed by atoms with Crippen molar-refractivity contribution in [3.63, 3.8) is 0 Å². The first-order valence-electron chi connectivity index (χ1n) is 5.82. The van der Waals surface area contributed by atoms with Gasteiger partial charge in [0.1, 0.15) is 5.71 Å². The molecule has 0 amide bonds. The Kier molecular flexibility index (Phi) is 3.92. The van der Waals surface area contributed by atoms with Gasteiger partial charge in [-0.25, -0.2) is 0 Å². The highest BCUT2D eigenvalue weighted by Crippen LogP contribution is 2.14. The second kappa shape index (κ2) is 5.82. The van der Waals surface area contributed by atoms with Crippen LogP contribution in [0.25, 0.3) is 5.57 Å². The molecule has 2 rings (SSSR count). The Hall–Kier alpha value is -2.35. The second-order valence-electron chi connectivity index (χ2n) is 4.04. The van der Waals surface area contributed by atoms with Crippen LogP contribution in [-0.4, -0.2) is 10.9 Å². The van der Waals surface area contributed by atoms with Gasteiger partial charge in [-0.2, -0.15) is 0 Å². The molecule has 0 spiro atoms. The molecular weight excluding hydrogens is 222 g/mol. The minimum absolute atomic E-state index is 0.567. The summed E-state index contributed by atoms with van der Waals surface area (Å²) in [6.45, 7) is 2.00. The first-order valence-corrected chi connectivity index (χ1v) is 5.82. The highest BCUT2D eigenvalue weighted by Gasteiger charge is 2.02. The highest BCUT2D eigenvalue weighted by atomic mass is 16.4. The summed E-state index contributed by atoms with van der Waals surface area (Å²) in [5.41, 5.74) is 3.65. The topological polar surface area (TPSA) is 32.6 Å². The lowest BCUT2D eigenvalue weighted by atomic mass is 10.0. The van der Waals surface area contributed by atoms with Crippen LogP contribution in [0.3, 0.4) is 0 Å². The van der Waals surface area contributed by atoms with Crippen LogP contribution in [0.2, 0.25) is 0 Å². The Bertz CT molecular complexity index is 556. The summed E-state index contributed by atoms with van der Waals surface area (Å²) in [5, 5.41) is 12.5. The van der Waals surface area contributed by atoms with E-state index in [0.717, 1.165) is 16.7 Å². The van der Waals surface area contributed by atoms with Crippen LogP contribution in [0.5, 0.6) is 0 Å². The monoisotopic (exact) mass is 237 g/mol. The van der Waals surface area contributed by atoms with Crippen LogP contribution >= 0.6 is 0 Å². The van der Waals surface area contributed by atoms with E-state index in [0.29, 0.717) is 5.71 Å². The third-order valence-electron chi connectivity index (χ3n) is 2.76. The number of hydrogen-bond acceptors (Lipinski definition) is 2. The van der Waals surface area contributed by atoms with E-state index in [2.05, 4.69) is 5.16 Å². The zero-order valence-corrected chi connectivity index (χ0v) is 10.2. The van der Waals surface area contributed by atoms with Gasteiger partial charge in [-0.15, -0.1) is 0 Å². The van der Waals surface area contributed by atoms with Gasteiger partial charge in [0.25, 0.3) is 0 Å². The smallest absolute Gasteiger partial charge is 0.110 e. The number of rotatable bonds is 3. The maximum Gasteiger partial charge on any atom is 0.110 e. The molecular formula is C16H15NO. The van der Waals surface area contributed by atoms with Crippen LogP contribution in [0, 0.1) is 0 Å². The maximum atomic E-state index is 9.12. The van der Waals surface area contributed by atoms with Gasteiger partial charge in [0, 0.05) is 5.56 Å². The Morgan fingerprint density at radius 3 is 1.89 bits per heavy atom. The van der Waals surface area contributed by atoms with Gasteiger partial charge in [-0.3, -0.25) is 0 Å². The molecule has 0 radical (unpaired) electrons. The molecule has 0 fully saturated rings. The fourth-order valence-corrected chi connectivity index (χ4v) is 1.77. The lowest BCUT2D eigenvalue weighted by Gasteiger charge is -2.03. The van der Waals surface area contributed by atoms with Crippen LogP contribution in [0.15, 0.2) is 71.9 Å². The van der Waals surface area contributed by atoms with Gasteiger partial charge in [0.15, 0.2) is 0 Å². The van der Waals surface area contributed by atoms with E-state index < -0.39 is 0 Å². The summed E-state index contributed by atoms with van der Waals surface area (Å²) in [5.74, 6) is 0. The quantitative estimate of drug-likeness (QED) is 0.489. The van der Waals surface area contributed by atoms with E-state index in [-0.39, 0.29) is 0 Å². The molecule has 2 heteroatoms. The molecule has 0 aliphatic carbocycles. The Balaban J connectivity index is 2.32. The largest absolute Gasteiger partial charge is 0.410 e. The number of oxime groups is 1. The molecule has 2 aromatic rings. The van der Waals surface area contributed by atoms with Gasteiger partial charge >= 0.3 is 0 Å². The van der Waals surface area contributed by atoms with Crippen molar-refractivity contribution in [1.29, 1.82) is 0 Å². The van der Waals surface area contributed by atoms with Crippen LogP contribution < -0.4 is 0 Å². The molecule has 0 aromatic heterocycles. The van der Waals surface area contributed by atoms with Crippen molar-refractivity contribution >= 4 is 11.3 Å². The van der Waals surface area contributed by atoms with E-state index >= 15 is 0 Å². The zero-order chi connectivity index (χ0) is 12.8. The number of hydrogen-bond donors (Lipinski definition) is 1. The third kappa shape index (κ3) is 2.86. The van der Waals surface area contributed by atoms with Gasteiger partial charge in [0.05, 0.1) is 0 Å². The molecule has 2 nitrogen and oxygen atoms in total. The van der Waals surface area contributed by atoms with E-state index in [4.69, 9.17) is 5.21 Å². The average Bonchev–Trinajstić information content (AvgIpc) is 2.46. The van der Waals surface area contributed by atoms with Gasteiger partial charge in [0.2, 0.25) is 0 Å². The van der Waals surface area contributed by atoms with Crippen molar-refractivity contribution in [3.8, 4) is 0 Å². The molecule has 90 valence electrons. The number of benzene rings is 2. The SMILES string of the molecule is C/C(=C/C(=N\O)c1ccccc1)c1ccccc1. The molecule has 0 aliphatic heterocycles. The lowest BCUT2D eigenvalue weighted by molar-refractivity contribution is 0.320. The molecule has 1 N–H and O–H groups in total. The van der Waals surface area contributed by atoms with Gasteiger partial charge < -0.3 is 5.21 Å². The molecule has 0 aliphatic rings. The van der Waals surface area contributed by atoms with Crippen LogP contribution in [0.4, 0.5) is 0 Å². The Morgan fingerprint density at radius 1 is 0.889 bits per heavy atom. The third-order valence-corrected chi connectivity index (χ3v) is 2.76. The van der Waals surface area contributed by atoms with Crippen LogP contribution in [0.1, 0.15) is 18.1 Å². The van der Waals surface area contributed by atoms with E-state index in [1.165, 1.54) is 0 Å². The Labute approximate surface area is 107 Å². The van der Waals surface area contributed by atoms with E-state index in [1.807, 2.05) is 73.7 Å². The molecule has 0 saturated heterocycles. The lowest BCUT2D eigenvalue weighted by Crippen LogP contribution is -1.97. The summed E-state index contributed by atoms with van der Waals surface area (Å²) in [4.78, 5) is 0. The van der Waals surface area contributed by atoms with Crippen molar-refractivity contribution in [2.45, 2.75) is 6.92 Å². The molecule has 0 heterocycles. The fraction of sp³-hybridized carbons (Fsp3) is 0.0625. The fourth-order valence-electron chi connectivity index (χ4n) is 1.77. The van der Waals surface area contributed by atoms with Gasteiger partial charge in [-0.1, -0.05) is 65.8 Å². The van der Waals surface area contributed by atoms with E-state index in [9.17, 15) is 0 Å². The molecule has 18 heavy (non-hydrogen) atoms. The maximum absolute atomic E-state index is 9.12. The van der Waals surface area contributed by atoms with E-state index in [1.54, 1.807) is 0 Å². The summed E-state index contributed by atoms with van der Waals surface area (Å²) >= 11 is 0. The molecule has 0 saturated carbocycles. The number of allylic oxidation sites excluding steroid dienone is 2. The minimum Gasteiger partial charge on any atom is -0.410 e. The summed E-state index contributed by atoms with van der Waals surface area (Å²) in [6, 6.07) is 19.7. The molecule has 2 aromatic carbocycles. The van der Waals surface area contributed by atoms with Crippen molar-refractivity contribution in [1.82, 2.24) is 0 Å². The molecule has 0 unspecified atom stereocenters. The first kappa shape index (κ1) is 12.1. The zero-order valence-electron chi connectivity index (χ0n) is 10.2. The predicted molar refractivity (Wildman–Crippen MR) is 74.9 cm³/mol. The molecule has 0 atom stereocenters. The van der Waals surface area contributed by atoms with Crippen molar-refractivity contribution in [2.24, 2.45) is 5.16 Å². The van der Waals surface area contributed by atoms with Crippen LogP contribution in [-0.2, 0) is 0 Å². The normalized spacial score (nSPS) is 12.5. The Morgan fingerprint density at radius 2 is 1.39 bits per heavy atom.